The van der Waals surface area contributed by atoms with Crippen LogP contribution in [0.15, 0.2) is 78.6 Å². The van der Waals surface area contributed by atoms with Gasteiger partial charge in [0.05, 0.1) is 51.1 Å². The fourth-order valence-electron chi connectivity index (χ4n) is 6.66. The summed E-state index contributed by atoms with van der Waals surface area (Å²) in [6.07, 6.45) is 0. The molecule has 5 aromatic rings. The molecule has 0 fully saturated rings. The molecule has 366 valence electrons. The van der Waals surface area contributed by atoms with Crippen LogP contribution >= 0.6 is 0 Å². The van der Waals surface area contributed by atoms with Crippen molar-refractivity contribution in [2.24, 2.45) is 20.5 Å². The van der Waals surface area contributed by atoms with Gasteiger partial charge in [-0.15, -0.1) is 20.5 Å². The van der Waals surface area contributed by atoms with E-state index in [9.17, 15) is 94.1 Å². The van der Waals surface area contributed by atoms with Gasteiger partial charge in [-0.3, -0.25) is 28.3 Å². The van der Waals surface area contributed by atoms with Crippen LogP contribution in [0.2, 0.25) is 0 Å². The van der Waals surface area contributed by atoms with Crippen molar-refractivity contribution >= 4 is 76.1 Å². The minimum atomic E-state index is -1.85. The highest BCUT2D eigenvalue weighted by molar-refractivity contribution is 6.12. The third-order valence-electron chi connectivity index (χ3n) is 10.3. The van der Waals surface area contributed by atoms with Crippen molar-refractivity contribution in [2.45, 2.75) is 26.9 Å². The lowest BCUT2D eigenvalue weighted by molar-refractivity contribution is 0.0675. The maximum atomic E-state index is 13.5. The van der Waals surface area contributed by atoms with E-state index in [1.165, 1.54) is 13.8 Å². The van der Waals surface area contributed by atoms with E-state index < -0.39 is 164 Å². The molecule has 10 N–H and O–H groups in total. The average Bonchev–Trinajstić information content (AvgIpc) is 3.32. The molecule has 2 amide bonds. The number of hydrogen-bond acceptors (Lipinski definition) is 17. The molecule has 72 heavy (non-hydrogen) atoms. The van der Waals surface area contributed by atoms with Gasteiger partial charge in [-0.25, -0.2) is 33.6 Å². The molecule has 3 aromatic carbocycles. The normalized spacial score (nSPS) is 10.9. The quantitative estimate of drug-likeness (QED) is 0.0431. The predicted octanol–water partition coefficient (Wildman–Crippen LogP) is 4.34. The molecule has 28 heteroatoms. The first-order chi connectivity index (χ1) is 33.9. The molecule has 0 spiro atoms. The summed E-state index contributed by atoms with van der Waals surface area (Å²) in [4.78, 5) is 128. The van der Waals surface area contributed by atoms with Crippen molar-refractivity contribution in [1.29, 1.82) is 5.26 Å². The van der Waals surface area contributed by atoms with E-state index in [2.05, 4.69) is 35.9 Å². The topological polar surface area (TPSA) is 444 Å². The maximum absolute atomic E-state index is 13.5. The highest BCUT2D eigenvalue weighted by atomic mass is 16.4. The van der Waals surface area contributed by atoms with Crippen LogP contribution in [-0.2, 0) is 13.1 Å². The molecule has 0 bridgehead atoms. The molecule has 0 unspecified atom stereocenters. The van der Waals surface area contributed by atoms with E-state index in [1.807, 2.05) is 0 Å². The van der Waals surface area contributed by atoms with E-state index in [0.717, 1.165) is 36.4 Å². The molecule has 0 saturated carbocycles. The summed E-state index contributed by atoms with van der Waals surface area (Å²) in [5, 5.41) is 109. The summed E-state index contributed by atoms with van der Waals surface area (Å²) in [5.74, 6) is -14.1. The number of hydrogen-bond donors (Lipinski definition) is 10. The Labute approximate surface area is 399 Å². The zero-order valence-electron chi connectivity index (χ0n) is 36.7. The lowest BCUT2D eigenvalue weighted by Crippen LogP contribution is -2.34. The van der Waals surface area contributed by atoms with Crippen molar-refractivity contribution < 1.29 is 79.2 Å². The molecular weight excluding hydrogens is 957 g/mol. The molecule has 5 rings (SSSR count). The number of nitrogens with zero attached hydrogens (tertiary/aromatic N) is 8. The third-order valence-corrected chi connectivity index (χ3v) is 10.3. The van der Waals surface area contributed by atoms with Gasteiger partial charge in [-0.2, -0.15) is 5.26 Å². The zero-order chi connectivity index (χ0) is 53.5. The van der Waals surface area contributed by atoms with Crippen molar-refractivity contribution in [2.75, 3.05) is 13.1 Å². The summed E-state index contributed by atoms with van der Waals surface area (Å²) in [5.41, 5.74) is -11.4. The predicted molar refractivity (Wildman–Crippen MR) is 239 cm³/mol. The highest BCUT2D eigenvalue weighted by Crippen LogP contribution is 2.35. The standard InChI is InChI=1S/C44H32N10O18/c1-17-27(16-45)35(57)53(37(59)31(17)51-49-28-12-19(39(61)62)4-6-21(28)41(65)66)10-8-47-33(55)23-14-26(44(71)72)24(15-25(23)43(69)70)34(56)48-9-11-54-36(58)30(46-3)18(2)32(38(54)60)52-50-29-13-20(40(63)64)5-7-22(29)42(67)68/h4-7,12-15,57-58H,8-11H2,1-2H3,(H,47,55)(H,48,56)(H,61,62)(H,63,64)(H,65,66)(H,67,68)(H,69,70)(H,71,72). The number of aromatic hydroxyl groups is 2. The molecule has 0 saturated heterocycles. The minimum absolute atomic E-state index is 0.232. The van der Waals surface area contributed by atoms with Crippen molar-refractivity contribution in [3.63, 3.8) is 0 Å². The number of carbonyl (C=O) groups is 8. The Morgan fingerprint density at radius 3 is 1.32 bits per heavy atom. The number of carboxylic acid groups (broad SMARTS) is 6. The number of nitrogens with one attached hydrogen (secondary N) is 2. The SMILES string of the molecule is [C-]#[N+]c1c(C)c(N=Nc2cc(C(=O)O)ccc2C(=O)O)c(=O)n(CCNC(=O)c2cc(C(=O)O)c(C(=O)NCCn3c(O)c(C#N)c(C)c(N=Nc4cc(C(=O)O)ccc4C(=O)O)c3=O)cc2C(=O)O)c1O. The van der Waals surface area contributed by atoms with Crippen LogP contribution in [0.1, 0.15) is 99.6 Å². The van der Waals surface area contributed by atoms with Crippen molar-refractivity contribution in [3.05, 3.63) is 142 Å². The number of aromatic nitrogens is 2. The Bertz CT molecular complexity index is 3280. The number of nitriles is 1. The summed E-state index contributed by atoms with van der Waals surface area (Å²) in [6.45, 7) is 7.29. The highest BCUT2D eigenvalue weighted by Gasteiger charge is 2.27. The van der Waals surface area contributed by atoms with Gasteiger partial charge in [0.25, 0.3) is 22.9 Å². The molecule has 2 heterocycles. The van der Waals surface area contributed by atoms with Gasteiger partial charge in [0.15, 0.2) is 11.6 Å². The second-order valence-corrected chi connectivity index (χ2v) is 14.6. The molecule has 0 aliphatic carbocycles. The molecule has 0 aliphatic heterocycles. The second-order valence-electron chi connectivity index (χ2n) is 14.6. The monoisotopic (exact) mass is 988 g/mol. The van der Waals surface area contributed by atoms with Crippen LogP contribution in [0.4, 0.5) is 28.4 Å². The summed E-state index contributed by atoms with van der Waals surface area (Å²) in [7, 11) is 0. The molecule has 2 aromatic heterocycles. The van der Waals surface area contributed by atoms with Crippen LogP contribution in [0.25, 0.3) is 4.85 Å². The fourth-order valence-corrected chi connectivity index (χ4v) is 6.66. The number of carboxylic acids is 6. The van der Waals surface area contributed by atoms with Gasteiger partial charge in [0.2, 0.25) is 11.6 Å². The van der Waals surface area contributed by atoms with E-state index in [1.54, 1.807) is 6.07 Å². The maximum Gasteiger partial charge on any atom is 0.337 e. The van der Waals surface area contributed by atoms with Crippen LogP contribution in [0.3, 0.4) is 0 Å². The van der Waals surface area contributed by atoms with Gasteiger partial charge in [0, 0.05) is 31.7 Å². The van der Waals surface area contributed by atoms with Gasteiger partial charge in [0.1, 0.15) is 28.7 Å². The number of rotatable bonds is 18. The van der Waals surface area contributed by atoms with Crippen LogP contribution in [-0.4, -0.2) is 111 Å². The van der Waals surface area contributed by atoms with E-state index in [-0.39, 0.29) is 22.3 Å². The lowest BCUT2D eigenvalue weighted by Gasteiger charge is -2.16. The van der Waals surface area contributed by atoms with Crippen molar-refractivity contribution in [3.8, 4) is 17.8 Å². The summed E-state index contributed by atoms with van der Waals surface area (Å²) >= 11 is 0. The number of benzene rings is 3. The van der Waals surface area contributed by atoms with Crippen LogP contribution in [0.5, 0.6) is 11.8 Å². The largest absolute Gasteiger partial charge is 0.503 e. The minimum Gasteiger partial charge on any atom is -0.503 e. The Morgan fingerprint density at radius 2 is 0.958 bits per heavy atom. The molecule has 0 radical (unpaired) electrons. The molecule has 0 aliphatic rings. The first-order valence-electron chi connectivity index (χ1n) is 19.9. The van der Waals surface area contributed by atoms with E-state index in [4.69, 9.17) is 6.57 Å². The number of pyridine rings is 2. The van der Waals surface area contributed by atoms with Crippen LogP contribution in [0, 0.1) is 31.8 Å². The molecule has 28 nitrogen and oxygen atoms in total. The van der Waals surface area contributed by atoms with Crippen LogP contribution < -0.4 is 21.8 Å². The smallest absolute Gasteiger partial charge is 0.337 e. The zero-order valence-corrected chi connectivity index (χ0v) is 36.7. The van der Waals surface area contributed by atoms with Gasteiger partial charge < -0.3 is 51.5 Å². The second kappa shape index (κ2) is 21.4. The third kappa shape index (κ3) is 10.6. The van der Waals surface area contributed by atoms with Gasteiger partial charge >= 0.3 is 35.8 Å². The van der Waals surface area contributed by atoms with Gasteiger partial charge in [-0.05, 0) is 67.9 Å². The Balaban J connectivity index is 1.40. The summed E-state index contributed by atoms with van der Waals surface area (Å²) < 4.78 is 1.09. The van der Waals surface area contributed by atoms with E-state index >= 15 is 0 Å². The Hall–Kier alpha value is -10.9. The first-order valence-corrected chi connectivity index (χ1v) is 19.9. The molecule has 0 atom stereocenters. The Morgan fingerprint density at radius 1 is 0.569 bits per heavy atom. The van der Waals surface area contributed by atoms with Gasteiger partial charge in [-0.1, -0.05) is 0 Å². The Kier molecular flexibility index (Phi) is 15.5. The summed E-state index contributed by atoms with van der Waals surface area (Å²) in [6, 6.07) is 8.27. The number of aromatic carboxylic acids is 6. The molecular formula is C44H32N10O18. The number of carbonyl (C=O) groups excluding carboxylic acids is 2. The fraction of sp³-hybridized carbons (Fsp3) is 0.136. The lowest BCUT2D eigenvalue weighted by atomic mass is 9.97. The van der Waals surface area contributed by atoms with E-state index in [0.29, 0.717) is 21.3 Å². The van der Waals surface area contributed by atoms with Crippen molar-refractivity contribution in [1.82, 2.24) is 19.8 Å². The average molecular weight is 989 g/mol. The number of azo groups is 2. The first kappa shape index (κ1) is 52.1. The number of amides is 2.